The lowest BCUT2D eigenvalue weighted by molar-refractivity contribution is 0.818. The van der Waals surface area contributed by atoms with E-state index in [1.165, 1.54) is 16.0 Å². The van der Waals surface area contributed by atoms with Gasteiger partial charge in [0.05, 0.1) is 0 Å². The molecule has 0 saturated heterocycles. The minimum absolute atomic E-state index is 0.935. The lowest BCUT2D eigenvalue weighted by atomic mass is 10.1. The second kappa shape index (κ2) is 4.40. The third-order valence-corrected chi connectivity index (χ3v) is 3.06. The maximum Gasteiger partial charge on any atom is 0.0342 e. The van der Waals surface area contributed by atoms with Gasteiger partial charge >= 0.3 is 0 Å². The number of hydrogen-bond donors (Lipinski definition) is 1. The zero-order valence-electron chi connectivity index (χ0n) is 8.16. The Morgan fingerprint density at radius 1 is 1.14 bits per heavy atom. The van der Waals surface area contributed by atoms with Crippen LogP contribution in [0.3, 0.4) is 0 Å². The second-order valence-electron chi connectivity index (χ2n) is 3.20. The van der Waals surface area contributed by atoms with Gasteiger partial charge in [-0.15, -0.1) is 11.3 Å². The highest BCUT2D eigenvalue weighted by Gasteiger charge is 1.97. The van der Waals surface area contributed by atoms with Gasteiger partial charge in [-0.25, -0.2) is 0 Å². The Morgan fingerprint density at radius 2 is 1.93 bits per heavy atom. The van der Waals surface area contributed by atoms with E-state index >= 15 is 0 Å². The third kappa shape index (κ3) is 2.03. The van der Waals surface area contributed by atoms with Crippen molar-refractivity contribution in [3.63, 3.8) is 0 Å². The molecule has 0 aliphatic carbocycles. The molecule has 1 nitrogen and oxygen atoms in total. The topological polar surface area (TPSA) is 12.0 Å². The van der Waals surface area contributed by atoms with Gasteiger partial charge in [0.1, 0.15) is 0 Å². The van der Waals surface area contributed by atoms with Crippen LogP contribution in [0.5, 0.6) is 0 Å². The van der Waals surface area contributed by atoms with Crippen molar-refractivity contribution in [1.82, 2.24) is 5.32 Å². The highest BCUT2D eigenvalue weighted by atomic mass is 32.1. The molecule has 0 atom stereocenters. The van der Waals surface area contributed by atoms with Gasteiger partial charge < -0.3 is 5.32 Å². The van der Waals surface area contributed by atoms with Gasteiger partial charge in [0.25, 0.3) is 0 Å². The van der Waals surface area contributed by atoms with Gasteiger partial charge in [-0.3, -0.25) is 0 Å². The minimum atomic E-state index is 0.935. The number of hydrogen-bond acceptors (Lipinski definition) is 2. The average molecular weight is 203 g/mol. The molecule has 2 heteroatoms. The summed E-state index contributed by atoms with van der Waals surface area (Å²) in [6, 6.07) is 12.9. The molecule has 0 aliphatic heterocycles. The van der Waals surface area contributed by atoms with Crippen molar-refractivity contribution in [3.05, 3.63) is 47.3 Å². The monoisotopic (exact) mass is 203 g/mol. The van der Waals surface area contributed by atoms with Gasteiger partial charge in [-0.05, 0) is 29.6 Å². The van der Waals surface area contributed by atoms with Crippen LogP contribution in [0, 0.1) is 0 Å². The van der Waals surface area contributed by atoms with E-state index in [1.807, 2.05) is 7.05 Å². The Hall–Kier alpha value is -1.12. The van der Waals surface area contributed by atoms with E-state index in [9.17, 15) is 0 Å². The first-order chi connectivity index (χ1) is 6.90. The molecule has 0 unspecified atom stereocenters. The quantitative estimate of drug-likeness (QED) is 0.808. The first-order valence-electron chi connectivity index (χ1n) is 4.67. The minimum Gasteiger partial charge on any atom is -0.316 e. The van der Waals surface area contributed by atoms with E-state index in [-0.39, 0.29) is 0 Å². The number of nitrogens with one attached hydrogen (secondary N) is 1. The normalized spacial score (nSPS) is 10.4. The summed E-state index contributed by atoms with van der Waals surface area (Å²) in [6.45, 7) is 0.935. The van der Waals surface area contributed by atoms with Crippen molar-refractivity contribution < 1.29 is 0 Å². The van der Waals surface area contributed by atoms with Crippen LogP contribution in [-0.4, -0.2) is 7.05 Å². The molecule has 0 radical (unpaired) electrons. The molecule has 1 N–H and O–H groups in total. The van der Waals surface area contributed by atoms with Crippen LogP contribution in [0.2, 0.25) is 0 Å². The molecule has 0 aliphatic rings. The van der Waals surface area contributed by atoms with Crippen LogP contribution in [0.4, 0.5) is 0 Å². The number of thiophene rings is 1. The van der Waals surface area contributed by atoms with Crippen LogP contribution in [0.1, 0.15) is 5.56 Å². The lowest BCUT2D eigenvalue weighted by Gasteiger charge is -2.01. The van der Waals surface area contributed by atoms with Gasteiger partial charge in [0, 0.05) is 11.4 Å². The molecule has 0 saturated carbocycles. The smallest absolute Gasteiger partial charge is 0.0342 e. The van der Waals surface area contributed by atoms with E-state index in [2.05, 4.69) is 47.1 Å². The van der Waals surface area contributed by atoms with Crippen molar-refractivity contribution in [2.45, 2.75) is 6.54 Å². The van der Waals surface area contributed by atoms with Crippen molar-refractivity contribution >= 4 is 11.3 Å². The fourth-order valence-corrected chi connectivity index (χ4v) is 2.17. The van der Waals surface area contributed by atoms with Crippen molar-refractivity contribution in [1.29, 1.82) is 0 Å². The molecule has 14 heavy (non-hydrogen) atoms. The Morgan fingerprint density at radius 3 is 2.50 bits per heavy atom. The van der Waals surface area contributed by atoms with Crippen LogP contribution in [0.25, 0.3) is 10.4 Å². The molecule has 0 bridgehead atoms. The zero-order valence-corrected chi connectivity index (χ0v) is 8.97. The molecule has 0 fully saturated rings. The van der Waals surface area contributed by atoms with Crippen LogP contribution in [-0.2, 0) is 6.54 Å². The molecule has 0 amide bonds. The number of rotatable bonds is 3. The maximum atomic E-state index is 3.14. The summed E-state index contributed by atoms with van der Waals surface area (Å²) in [5.41, 5.74) is 2.63. The molecule has 2 aromatic rings. The van der Waals surface area contributed by atoms with Crippen molar-refractivity contribution in [2.24, 2.45) is 0 Å². The summed E-state index contributed by atoms with van der Waals surface area (Å²) in [5.74, 6) is 0. The highest BCUT2D eigenvalue weighted by molar-refractivity contribution is 7.13. The summed E-state index contributed by atoms with van der Waals surface area (Å²) < 4.78 is 0. The van der Waals surface area contributed by atoms with E-state index in [1.54, 1.807) is 11.3 Å². The molecule has 72 valence electrons. The Bertz CT molecular complexity index is 375. The van der Waals surface area contributed by atoms with E-state index < -0.39 is 0 Å². The molecule has 2 rings (SSSR count). The number of benzene rings is 1. The summed E-state index contributed by atoms with van der Waals surface area (Å²) >= 11 is 1.78. The van der Waals surface area contributed by atoms with Crippen LogP contribution in [0.15, 0.2) is 41.8 Å². The average Bonchev–Trinajstić information content (AvgIpc) is 2.72. The summed E-state index contributed by atoms with van der Waals surface area (Å²) in [5, 5.41) is 5.25. The van der Waals surface area contributed by atoms with Crippen LogP contribution < -0.4 is 5.32 Å². The summed E-state index contributed by atoms with van der Waals surface area (Å²) in [4.78, 5) is 1.33. The molecule has 0 spiro atoms. The molecule has 1 aromatic heterocycles. The molecule has 1 aromatic carbocycles. The second-order valence-corrected chi connectivity index (χ2v) is 4.15. The van der Waals surface area contributed by atoms with Crippen molar-refractivity contribution in [3.8, 4) is 10.4 Å². The predicted octanol–water partition coefficient (Wildman–Crippen LogP) is 3.13. The summed E-state index contributed by atoms with van der Waals surface area (Å²) in [7, 11) is 1.97. The standard InChI is InChI=1S/C12H13NS/c1-13-9-10-4-6-11(7-5-10)12-3-2-8-14-12/h2-8,13H,9H2,1H3. The Kier molecular flexibility index (Phi) is 2.96. The highest BCUT2D eigenvalue weighted by Crippen LogP contribution is 2.24. The first-order valence-corrected chi connectivity index (χ1v) is 5.55. The van der Waals surface area contributed by atoms with E-state index in [0.717, 1.165) is 6.54 Å². The lowest BCUT2D eigenvalue weighted by Crippen LogP contribution is -2.04. The molecule has 1 heterocycles. The third-order valence-electron chi connectivity index (χ3n) is 2.14. The largest absolute Gasteiger partial charge is 0.316 e. The summed E-state index contributed by atoms with van der Waals surface area (Å²) in [6.07, 6.45) is 0. The predicted molar refractivity (Wildman–Crippen MR) is 62.5 cm³/mol. The fourth-order valence-electron chi connectivity index (χ4n) is 1.43. The fraction of sp³-hybridized carbons (Fsp3) is 0.167. The Balaban J connectivity index is 2.22. The van der Waals surface area contributed by atoms with Gasteiger partial charge in [0.2, 0.25) is 0 Å². The first kappa shape index (κ1) is 9.44. The van der Waals surface area contributed by atoms with Gasteiger partial charge in [0.15, 0.2) is 0 Å². The van der Waals surface area contributed by atoms with E-state index in [4.69, 9.17) is 0 Å². The SMILES string of the molecule is CNCc1ccc(-c2cccs2)cc1. The van der Waals surface area contributed by atoms with Crippen LogP contribution >= 0.6 is 11.3 Å². The van der Waals surface area contributed by atoms with E-state index in [0.29, 0.717) is 0 Å². The Labute approximate surface area is 88.4 Å². The zero-order chi connectivity index (χ0) is 9.80. The molecular formula is C12H13NS. The molecular weight excluding hydrogens is 190 g/mol. The van der Waals surface area contributed by atoms with Crippen molar-refractivity contribution in [2.75, 3.05) is 7.05 Å². The van der Waals surface area contributed by atoms with Gasteiger partial charge in [-0.1, -0.05) is 30.3 Å². The maximum absolute atomic E-state index is 3.14. The van der Waals surface area contributed by atoms with Gasteiger partial charge in [-0.2, -0.15) is 0 Å².